The van der Waals surface area contributed by atoms with Gasteiger partial charge in [0, 0.05) is 32.2 Å². The second-order valence-corrected chi connectivity index (χ2v) is 7.58. The zero-order valence-electron chi connectivity index (χ0n) is 16.8. The fourth-order valence-corrected chi connectivity index (χ4v) is 3.96. The summed E-state index contributed by atoms with van der Waals surface area (Å²) in [6.07, 6.45) is 2.97. The summed E-state index contributed by atoms with van der Waals surface area (Å²) in [5, 5.41) is 3.60. The Hall–Kier alpha value is -2.08. The first-order chi connectivity index (χ1) is 13.8. The molecule has 2 aromatic carbocycles. The van der Waals surface area contributed by atoms with E-state index in [2.05, 4.69) is 46.6 Å². The molecule has 1 saturated heterocycles. The molecule has 1 aliphatic carbocycles. The van der Waals surface area contributed by atoms with Gasteiger partial charge in [-0.25, -0.2) is 0 Å². The molecule has 1 N–H and O–H groups in total. The van der Waals surface area contributed by atoms with Crippen molar-refractivity contribution in [2.24, 2.45) is 0 Å². The van der Waals surface area contributed by atoms with E-state index < -0.39 is 0 Å². The average Bonchev–Trinajstić information content (AvgIpc) is 3.60. The molecule has 5 nitrogen and oxygen atoms in total. The van der Waals surface area contributed by atoms with Crippen molar-refractivity contribution >= 4 is 0 Å². The van der Waals surface area contributed by atoms with Crippen LogP contribution in [0.15, 0.2) is 42.5 Å². The van der Waals surface area contributed by atoms with E-state index in [9.17, 15) is 0 Å². The van der Waals surface area contributed by atoms with Gasteiger partial charge in [-0.2, -0.15) is 0 Å². The van der Waals surface area contributed by atoms with Crippen LogP contribution in [0.2, 0.25) is 0 Å². The van der Waals surface area contributed by atoms with Crippen LogP contribution in [0.1, 0.15) is 18.4 Å². The molecule has 2 aliphatic rings. The van der Waals surface area contributed by atoms with Crippen LogP contribution >= 0.6 is 0 Å². The number of hydrogen-bond acceptors (Lipinski definition) is 5. The Kier molecular flexibility index (Phi) is 6.15. The topological polar surface area (TPSA) is 43.0 Å². The third kappa shape index (κ3) is 4.49. The highest BCUT2D eigenvalue weighted by atomic mass is 16.5. The fraction of sp³-hybridized carbons (Fsp3) is 0.478. The minimum absolute atomic E-state index is 0.259. The van der Waals surface area contributed by atoms with E-state index in [1.807, 2.05) is 6.07 Å². The summed E-state index contributed by atoms with van der Waals surface area (Å²) in [7, 11) is 3.36. The molecule has 28 heavy (non-hydrogen) atoms. The Bertz CT molecular complexity index is 777. The highest BCUT2D eigenvalue weighted by Gasteiger charge is 2.32. The molecule has 2 aromatic rings. The van der Waals surface area contributed by atoms with Crippen molar-refractivity contribution in [3.8, 4) is 22.6 Å². The second-order valence-electron chi connectivity index (χ2n) is 7.58. The summed E-state index contributed by atoms with van der Waals surface area (Å²) in [6, 6.07) is 15.4. The number of nitrogens with zero attached hydrogens (tertiary/aromatic N) is 1. The maximum atomic E-state index is 5.97. The van der Waals surface area contributed by atoms with Crippen molar-refractivity contribution in [3.63, 3.8) is 0 Å². The summed E-state index contributed by atoms with van der Waals surface area (Å²) in [5.74, 6) is 1.51. The normalized spacial score (nSPS) is 20.1. The fourth-order valence-electron chi connectivity index (χ4n) is 3.96. The van der Waals surface area contributed by atoms with Crippen molar-refractivity contribution in [1.29, 1.82) is 0 Å². The smallest absolute Gasteiger partial charge is 0.161 e. The molecule has 2 fully saturated rings. The lowest BCUT2D eigenvalue weighted by Crippen LogP contribution is -2.47. The van der Waals surface area contributed by atoms with E-state index in [1.165, 1.54) is 24.0 Å². The molecule has 1 aliphatic heterocycles. The van der Waals surface area contributed by atoms with Gasteiger partial charge in [0.05, 0.1) is 26.9 Å². The van der Waals surface area contributed by atoms with Gasteiger partial charge in [-0.05, 0) is 41.7 Å². The molecular formula is C23H30N2O3. The first kappa shape index (κ1) is 19.2. The third-order valence-corrected chi connectivity index (χ3v) is 5.62. The van der Waals surface area contributed by atoms with E-state index in [-0.39, 0.29) is 6.10 Å². The maximum Gasteiger partial charge on any atom is 0.161 e. The number of methoxy groups -OCH3 is 2. The Morgan fingerprint density at radius 1 is 1.07 bits per heavy atom. The minimum atomic E-state index is 0.259. The molecule has 4 rings (SSSR count). The van der Waals surface area contributed by atoms with Gasteiger partial charge in [-0.3, -0.25) is 4.90 Å². The molecule has 0 spiro atoms. The van der Waals surface area contributed by atoms with E-state index in [0.717, 1.165) is 55.9 Å². The highest BCUT2D eigenvalue weighted by molar-refractivity contribution is 5.71. The van der Waals surface area contributed by atoms with Crippen LogP contribution in [0, 0.1) is 0 Å². The van der Waals surface area contributed by atoms with Crippen LogP contribution < -0.4 is 14.8 Å². The number of nitrogens with one attached hydrogen (secondary N) is 1. The highest BCUT2D eigenvalue weighted by Crippen LogP contribution is 2.35. The zero-order chi connectivity index (χ0) is 19.3. The minimum Gasteiger partial charge on any atom is -0.493 e. The van der Waals surface area contributed by atoms with Gasteiger partial charge in [0.2, 0.25) is 0 Å². The van der Waals surface area contributed by atoms with Gasteiger partial charge < -0.3 is 19.5 Å². The van der Waals surface area contributed by atoms with Crippen molar-refractivity contribution in [1.82, 2.24) is 10.2 Å². The predicted octanol–water partition coefficient (Wildman–Crippen LogP) is 3.32. The van der Waals surface area contributed by atoms with Crippen LogP contribution in [-0.4, -0.2) is 57.5 Å². The molecule has 0 radical (unpaired) electrons. The summed E-state index contributed by atoms with van der Waals surface area (Å²) < 4.78 is 17.0. The number of ether oxygens (including phenoxy) is 3. The van der Waals surface area contributed by atoms with Crippen LogP contribution in [0.5, 0.6) is 11.5 Å². The number of morpholine rings is 1. The van der Waals surface area contributed by atoms with Crippen LogP contribution in [-0.2, 0) is 11.3 Å². The summed E-state index contributed by atoms with van der Waals surface area (Å²) in [6.45, 7) is 4.57. The lowest BCUT2D eigenvalue weighted by Gasteiger charge is -2.33. The van der Waals surface area contributed by atoms with E-state index in [0.29, 0.717) is 0 Å². The van der Waals surface area contributed by atoms with Crippen LogP contribution in [0.4, 0.5) is 0 Å². The van der Waals surface area contributed by atoms with Crippen molar-refractivity contribution < 1.29 is 14.2 Å². The van der Waals surface area contributed by atoms with Gasteiger partial charge in [0.25, 0.3) is 0 Å². The van der Waals surface area contributed by atoms with E-state index in [1.54, 1.807) is 14.2 Å². The van der Waals surface area contributed by atoms with Gasteiger partial charge in [0.1, 0.15) is 0 Å². The zero-order valence-corrected chi connectivity index (χ0v) is 16.8. The monoisotopic (exact) mass is 382 g/mol. The van der Waals surface area contributed by atoms with E-state index in [4.69, 9.17) is 14.2 Å². The van der Waals surface area contributed by atoms with Gasteiger partial charge in [0.15, 0.2) is 11.5 Å². The Labute approximate surface area is 167 Å². The molecule has 150 valence electrons. The molecular weight excluding hydrogens is 352 g/mol. The SMILES string of the molecule is COc1cc(CNCC2CN(C3CC3)CCO2)c(-c2ccccc2)cc1OC. The number of rotatable bonds is 8. The molecule has 5 heteroatoms. The molecule has 1 atom stereocenters. The largest absolute Gasteiger partial charge is 0.493 e. The molecule has 1 unspecified atom stereocenters. The van der Waals surface area contributed by atoms with Crippen molar-refractivity contribution in [2.75, 3.05) is 40.5 Å². The van der Waals surface area contributed by atoms with Crippen LogP contribution in [0.25, 0.3) is 11.1 Å². The number of hydrogen-bond donors (Lipinski definition) is 1. The van der Waals surface area contributed by atoms with Crippen molar-refractivity contribution in [3.05, 3.63) is 48.0 Å². The predicted molar refractivity (Wildman–Crippen MR) is 111 cm³/mol. The quantitative estimate of drug-likeness (QED) is 0.759. The van der Waals surface area contributed by atoms with E-state index >= 15 is 0 Å². The third-order valence-electron chi connectivity index (χ3n) is 5.62. The summed E-state index contributed by atoms with van der Waals surface area (Å²) in [5.41, 5.74) is 3.53. The Balaban J connectivity index is 1.46. The summed E-state index contributed by atoms with van der Waals surface area (Å²) >= 11 is 0. The first-order valence-corrected chi connectivity index (χ1v) is 10.1. The van der Waals surface area contributed by atoms with Gasteiger partial charge in [-0.1, -0.05) is 30.3 Å². The number of benzene rings is 2. The maximum absolute atomic E-state index is 5.97. The molecule has 1 saturated carbocycles. The van der Waals surface area contributed by atoms with Gasteiger partial charge >= 0.3 is 0 Å². The molecule has 0 aromatic heterocycles. The average molecular weight is 383 g/mol. The second kappa shape index (κ2) is 8.95. The lowest BCUT2D eigenvalue weighted by molar-refractivity contribution is -0.0301. The van der Waals surface area contributed by atoms with Crippen molar-refractivity contribution in [2.45, 2.75) is 31.5 Å². The Morgan fingerprint density at radius 2 is 1.82 bits per heavy atom. The van der Waals surface area contributed by atoms with Crippen LogP contribution in [0.3, 0.4) is 0 Å². The summed E-state index contributed by atoms with van der Waals surface area (Å²) in [4.78, 5) is 2.58. The first-order valence-electron chi connectivity index (χ1n) is 10.1. The molecule has 1 heterocycles. The Morgan fingerprint density at radius 3 is 2.54 bits per heavy atom. The molecule has 0 bridgehead atoms. The molecule has 0 amide bonds. The lowest BCUT2D eigenvalue weighted by atomic mass is 9.98. The van der Waals surface area contributed by atoms with Gasteiger partial charge in [-0.15, -0.1) is 0 Å². The standard InChI is InChI=1S/C23H30N2O3/c1-26-22-12-18(21(13-23(22)27-2)17-6-4-3-5-7-17)14-24-15-20-16-25(10-11-28-20)19-8-9-19/h3-7,12-13,19-20,24H,8-11,14-16H2,1-2H3.